The van der Waals surface area contributed by atoms with E-state index in [1.165, 1.54) is 37.0 Å². The van der Waals surface area contributed by atoms with Crippen LogP contribution < -0.4 is 11.1 Å². The molecule has 3 atom stereocenters. The predicted octanol–water partition coefficient (Wildman–Crippen LogP) is 7.98. The number of carboxylic acids is 1. The van der Waals surface area contributed by atoms with E-state index in [0.29, 0.717) is 23.7 Å². The largest absolute Gasteiger partial charge is 0.480 e. The fourth-order valence-corrected chi connectivity index (χ4v) is 7.53. The van der Waals surface area contributed by atoms with Gasteiger partial charge in [0, 0.05) is 22.3 Å². The number of benzene rings is 3. The molecule has 1 saturated carbocycles. The molecule has 0 aliphatic heterocycles. The predicted molar refractivity (Wildman–Crippen MR) is 177 cm³/mol. The van der Waals surface area contributed by atoms with Crippen molar-refractivity contribution < 1.29 is 14.7 Å². The van der Waals surface area contributed by atoms with Gasteiger partial charge >= 0.3 is 5.97 Å². The van der Waals surface area contributed by atoms with Crippen molar-refractivity contribution in [2.75, 3.05) is 17.8 Å². The number of amides is 1. The quantitative estimate of drug-likeness (QED) is 0.162. The van der Waals surface area contributed by atoms with Crippen LogP contribution in [0.15, 0.2) is 77.7 Å². The molecule has 0 saturated heterocycles. The van der Waals surface area contributed by atoms with E-state index in [9.17, 15) is 14.7 Å². The standard InChI is InChI=1S/C35H44N2O3S2/c1-24-11-9-10-16-29(24)31-22-26(17-18-30(31)34(38)37-32(35(39)40)19-20-41-2)33(36)27(21-25-12-5-3-6-13-25)23-42-28-14-7-4-8-15-28/h4,7-11,14-18,22,25,27,32-33H,3,5-6,12-13,19-21,23,36H2,1-2H3,(H,37,38)(H,39,40). The first-order chi connectivity index (χ1) is 20.4. The van der Waals surface area contributed by atoms with Gasteiger partial charge in [0.2, 0.25) is 0 Å². The van der Waals surface area contributed by atoms with E-state index < -0.39 is 12.0 Å². The minimum absolute atomic E-state index is 0.184. The van der Waals surface area contributed by atoms with Crippen molar-refractivity contribution in [3.63, 3.8) is 0 Å². The Hall–Kier alpha value is -2.74. The van der Waals surface area contributed by atoms with Gasteiger partial charge in [0.1, 0.15) is 6.04 Å². The highest BCUT2D eigenvalue weighted by molar-refractivity contribution is 7.99. The van der Waals surface area contributed by atoms with Crippen LogP contribution in [0.5, 0.6) is 0 Å². The average Bonchev–Trinajstić information content (AvgIpc) is 3.01. The molecule has 1 fully saturated rings. The van der Waals surface area contributed by atoms with Crippen LogP contribution >= 0.6 is 23.5 Å². The topological polar surface area (TPSA) is 92.4 Å². The Morgan fingerprint density at radius 3 is 2.38 bits per heavy atom. The molecule has 0 spiro atoms. The van der Waals surface area contributed by atoms with E-state index >= 15 is 0 Å². The van der Waals surface area contributed by atoms with Gasteiger partial charge in [0.25, 0.3) is 5.91 Å². The van der Waals surface area contributed by atoms with Crippen molar-refractivity contribution in [3.05, 3.63) is 89.5 Å². The van der Waals surface area contributed by atoms with Gasteiger partial charge in [-0.2, -0.15) is 11.8 Å². The van der Waals surface area contributed by atoms with Gasteiger partial charge in [0.15, 0.2) is 0 Å². The van der Waals surface area contributed by atoms with Crippen molar-refractivity contribution in [3.8, 4) is 11.1 Å². The summed E-state index contributed by atoms with van der Waals surface area (Å²) in [5.41, 5.74) is 11.4. The highest BCUT2D eigenvalue weighted by Crippen LogP contribution is 2.38. The summed E-state index contributed by atoms with van der Waals surface area (Å²) in [5, 5.41) is 12.5. The van der Waals surface area contributed by atoms with Crippen LogP contribution in [0, 0.1) is 18.8 Å². The summed E-state index contributed by atoms with van der Waals surface area (Å²) in [7, 11) is 0. The zero-order chi connectivity index (χ0) is 29.9. The van der Waals surface area contributed by atoms with Gasteiger partial charge < -0.3 is 16.2 Å². The maximum atomic E-state index is 13.5. The first kappa shape index (κ1) is 32.2. The molecule has 4 rings (SSSR count). The molecule has 1 aliphatic rings. The van der Waals surface area contributed by atoms with Crippen LogP contribution in [-0.4, -0.2) is 40.8 Å². The number of nitrogens with one attached hydrogen (secondary N) is 1. The second kappa shape index (κ2) is 16.2. The van der Waals surface area contributed by atoms with Crippen LogP contribution in [-0.2, 0) is 4.79 Å². The van der Waals surface area contributed by atoms with E-state index in [2.05, 4.69) is 35.6 Å². The number of nitrogens with two attached hydrogens (primary N) is 1. The first-order valence-corrected chi connectivity index (χ1v) is 17.4. The van der Waals surface area contributed by atoms with Crippen molar-refractivity contribution in [2.24, 2.45) is 17.6 Å². The third-order valence-electron chi connectivity index (χ3n) is 8.40. The SMILES string of the molecule is CSCCC(NC(=O)c1ccc(C(N)C(CSc2ccccc2)CC2CCCCC2)cc1-c1ccccc1C)C(=O)O. The fraction of sp³-hybridized carbons (Fsp3) is 0.429. The zero-order valence-corrected chi connectivity index (χ0v) is 26.4. The van der Waals surface area contributed by atoms with Crippen molar-refractivity contribution >= 4 is 35.4 Å². The third kappa shape index (κ3) is 8.88. The third-order valence-corrected chi connectivity index (χ3v) is 10.2. The fourth-order valence-electron chi connectivity index (χ4n) is 5.96. The molecule has 5 nitrogen and oxygen atoms in total. The number of aryl methyl sites for hydroxylation is 1. The van der Waals surface area contributed by atoms with Gasteiger partial charge in [-0.3, -0.25) is 4.79 Å². The second-order valence-corrected chi connectivity index (χ2v) is 13.5. The Morgan fingerprint density at radius 1 is 0.976 bits per heavy atom. The van der Waals surface area contributed by atoms with Crippen molar-refractivity contribution in [2.45, 2.75) is 68.8 Å². The Morgan fingerprint density at radius 2 is 1.69 bits per heavy atom. The lowest BCUT2D eigenvalue weighted by Crippen LogP contribution is -2.41. The summed E-state index contributed by atoms with van der Waals surface area (Å²) in [5.74, 6) is 1.17. The number of carbonyl (C=O) groups excluding carboxylic acids is 1. The first-order valence-electron chi connectivity index (χ1n) is 15.0. The summed E-state index contributed by atoms with van der Waals surface area (Å²) in [6.45, 7) is 2.03. The normalized spacial score (nSPS) is 16.0. The Balaban J connectivity index is 1.66. The molecule has 3 aromatic carbocycles. The van der Waals surface area contributed by atoms with Crippen molar-refractivity contribution in [1.29, 1.82) is 0 Å². The van der Waals surface area contributed by atoms with Crippen LogP contribution in [0.1, 0.15) is 72.5 Å². The molecule has 0 heterocycles. The van der Waals surface area contributed by atoms with Gasteiger partial charge in [0.05, 0.1) is 0 Å². The molecule has 0 aromatic heterocycles. The van der Waals surface area contributed by atoms with Crippen LogP contribution in [0.2, 0.25) is 0 Å². The molecule has 1 amide bonds. The molecule has 7 heteroatoms. The molecule has 42 heavy (non-hydrogen) atoms. The number of hydrogen-bond donors (Lipinski definition) is 3. The summed E-state index contributed by atoms with van der Waals surface area (Å²) < 4.78 is 0. The molecule has 3 aromatic rings. The molecule has 4 N–H and O–H groups in total. The Kier molecular flexibility index (Phi) is 12.4. The van der Waals surface area contributed by atoms with Gasteiger partial charge in [-0.15, -0.1) is 11.8 Å². The molecule has 0 bridgehead atoms. The molecule has 224 valence electrons. The summed E-state index contributed by atoms with van der Waals surface area (Å²) in [6.07, 6.45) is 9.86. The van der Waals surface area contributed by atoms with Crippen LogP contribution in [0.4, 0.5) is 0 Å². The lowest BCUT2D eigenvalue weighted by atomic mass is 9.79. The maximum absolute atomic E-state index is 13.5. The molecular weight excluding hydrogens is 561 g/mol. The number of hydrogen-bond acceptors (Lipinski definition) is 5. The monoisotopic (exact) mass is 604 g/mol. The van der Waals surface area contributed by atoms with E-state index in [4.69, 9.17) is 5.73 Å². The number of carboxylic acid groups (broad SMARTS) is 1. The molecule has 3 unspecified atom stereocenters. The number of rotatable bonds is 14. The van der Waals surface area contributed by atoms with Crippen LogP contribution in [0.25, 0.3) is 11.1 Å². The van der Waals surface area contributed by atoms with E-state index in [1.807, 2.05) is 67.4 Å². The van der Waals surface area contributed by atoms with Gasteiger partial charge in [-0.25, -0.2) is 4.79 Å². The zero-order valence-electron chi connectivity index (χ0n) is 24.8. The Bertz CT molecular complexity index is 1310. The molecule has 0 radical (unpaired) electrons. The number of aliphatic carboxylic acids is 1. The second-order valence-electron chi connectivity index (χ2n) is 11.4. The Labute approximate surface area is 259 Å². The summed E-state index contributed by atoms with van der Waals surface area (Å²) >= 11 is 3.43. The van der Waals surface area contributed by atoms with E-state index in [1.54, 1.807) is 11.8 Å². The molecular formula is C35H44N2O3S2. The highest BCUT2D eigenvalue weighted by Gasteiger charge is 2.27. The van der Waals surface area contributed by atoms with E-state index in [0.717, 1.165) is 34.4 Å². The summed E-state index contributed by atoms with van der Waals surface area (Å²) in [6, 6.07) is 23.3. The van der Waals surface area contributed by atoms with E-state index in [-0.39, 0.29) is 17.9 Å². The lowest BCUT2D eigenvalue weighted by molar-refractivity contribution is -0.139. The van der Waals surface area contributed by atoms with Crippen molar-refractivity contribution in [1.82, 2.24) is 5.32 Å². The highest BCUT2D eigenvalue weighted by atomic mass is 32.2. The lowest BCUT2D eigenvalue weighted by Gasteiger charge is -2.31. The molecule has 1 aliphatic carbocycles. The number of thioether (sulfide) groups is 2. The smallest absolute Gasteiger partial charge is 0.326 e. The summed E-state index contributed by atoms with van der Waals surface area (Å²) in [4.78, 5) is 26.7. The van der Waals surface area contributed by atoms with Gasteiger partial charge in [-0.1, -0.05) is 80.6 Å². The van der Waals surface area contributed by atoms with Crippen LogP contribution in [0.3, 0.4) is 0 Å². The maximum Gasteiger partial charge on any atom is 0.326 e. The van der Waals surface area contributed by atoms with Gasteiger partial charge in [-0.05, 0) is 90.1 Å². The minimum Gasteiger partial charge on any atom is -0.480 e. The minimum atomic E-state index is -1.02. The number of carbonyl (C=O) groups is 2. The average molecular weight is 605 g/mol.